The summed E-state index contributed by atoms with van der Waals surface area (Å²) >= 11 is 0. The topological polar surface area (TPSA) is 23.6 Å². The Morgan fingerprint density at radius 3 is 2.40 bits per heavy atom. The molecule has 2 heterocycles. The molecule has 20 heavy (non-hydrogen) atoms. The van der Waals surface area contributed by atoms with Crippen molar-refractivity contribution in [1.29, 1.82) is 0 Å². The summed E-state index contributed by atoms with van der Waals surface area (Å²) in [5, 5.41) is 0. The quantitative estimate of drug-likeness (QED) is 0.825. The van der Waals surface area contributed by atoms with Crippen molar-refractivity contribution in [3.63, 3.8) is 0 Å². The average molecular weight is 272 g/mol. The number of fused-ring (bicyclic) bond motifs is 1. The second-order valence-electron chi connectivity index (χ2n) is 6.02. The number of carbonyl (C=O) groups is 1. The molecular weight excluding hydrogens is 248 g/mol. The lowest BCUT2D eigenvalue weighted by molar-refractivity contribution is -0.132. The second kappa shape index (κ2) is 6.40. The Bertz CT molecular complexity index is 464. The van der Waals surface area contributed by atoms with Gasteiger partial charge in [0, 0.05) is 26.2 Å². The van der Waals surface area contributed by atoms with Gasteiger partial charge in [-0.15, -0.1) is 0 Å². The normalized spacial score (nSPS) is 20.3. The molecule has 1 amide bonds. The first-order chi connectivity index (χ1) is 9.83. The molecule has 0 aromatic heterocycles. The molecule has 1 fully saturated rings. The highest BCUT2D eigenvalue weighted by Gasteiger charge is 2.21. The van der Waals surface area contributed by atoms with Gasteiger partial charge in [-0.25, -0.2) is 0 Å². The van der Waals surface area contributed by atoms with Gasteiger partial charge in [-0.2, -0.15) is 0 Å². The standard InChI is InChI=1S/C17H24N2O/c20-17(19-10-5-1-2-6-11-19)14-18-12-9-15-7-3-4-8-16(15)13-18/h3-4,7-8H,1-2,5-6,9-14H2. The maximum absolute atomic E-state index is 12.4. The molecule has 0 N–H and O–H groups in total. The van der Waals surface area contributed by atoms with Crippen LogP contribution in [0.15, 0.2) is 24.3 Å². The SMILES string of the molecule is O=C(CN1CCc2ccccc2C1)N1CCCCCC1. The van der Waals surface area contributed by atoms with Gasteiger partial charge in [0.15, 0.2) is 0 Å². The lowest BCUT2D eigenvalue weighted by Gasteiger charge is -2.30. The molecule has 0 bridgehead atoms. The zero-order valence-electron chi connectivity index (χ0n) is 12.2. The van der Waals surface area contributed by atoms with E-state index in [9.17, 15) is 4.79 Å². The Hall–Kier alpha value is -1.35. The Labute approximate surface area is 121 Å². The molecule has 0 unspecified atom stereocenters. The molecule has 108 valence electrons. The van der Waals surface area contributed by atoms with Gasteiger partial charge in [0.2, 0.25) is 5.91 Å². The minimum Gasteiger partial charge on any atom is -0.342 e. The first kappa shape index (κ1) is 13.6. The monoisotopic (exact) mass is 272 g/mol. The first-order valence-electron chi connectivity index (χ1n) is 7.90. The van der Waals surface area contributed by atoms with Gasteiger partial charge in [-0.3, -0.25) is 9.69 Å². The van der Waals surface area contributed by atoms with Crippen LogP contribution in [0.2, 0.25) is 0 Å². The molecule has 0 radical (unpaired) electrons. The van der Waals surface area contributed by atoms with Crippen LogP contribution in [0.25, 0.3) is 0 Å². The Morgan fingerprint density at radius 1 is 0.950 bits per heavy atom. The third-order valence-electron chi connectivity index (χ3n) is 4.53. The van der Waals surface area contributed by atoms with Crippen molar-refractivity contribution in [3.05, 3.63) is 35.4 Å². The maximum atomic E-state index is 12.4. The lowest BCUT2D eigenvalue weighted by Crippen LogP contribution is -2.42. The number of hydrogen-bond donors (Lipinski definition) is 0. The van der Waals surface area contributed by atoms with Crippen molar-refractivity contribution in [1.82, 2.24) is 9.80 Å². The fourth-order valence-corrected chi connectivity index (χ4v) is 3.30. The molecule has 0 saturated carbocycles. The lowest BCUT2D eigenvalue weighted by atomic mass is 10.00. The van der Waals surface area contributed by atoms with Crippen molar-refractivity contribution in [2.75, 3.05) is 26.2 Å². The van der Waals surface area contributed by atoms with Crippen molar-refractivity contribution < 1.29 is 4.79 Å². The van der Waals surface area contributed by atoms with E-state index < -0.39 is 0 Å². The second-order valence-corrected chi connectivity index (χ2v) is 6.02. The van der Waals surface area contributed by atoms with Gasteiger partial charge in [0.1, 0.15) is 0 Å². The van der Waals surface area contributed by atoms with Crippen LogP contribution in [0.4, 0.5) is 0 Å². The van der Waals surface area contributed by atoms with Crippen LogP contribution in [0.3, 0.4) is 0 Å². The van der Waals surface area contributed by atoms with Crippen LogP contribution >= 0.6 is 0 Å². The van der Waals surface area contributed by atoms with Crippen molar-refractivity contribution in [2.24, 2.45) is 0 Å². The van der Waals surface area contributed by atoms with Gasteiger partial charge in [-0.05, 0) is 30.4 Å². The van der Waals surface area contributed by atoms with E-state index in [0.717, 1.165) is 32.6 Å². The van der Waals surface area contributed by atoms with Crippen LogP contribution < -0.4 is 0 Å². The summed E-state index contributed by atoms with van der Waals surface area (Å²) in [6.45, 7) is 4.45. The van der Waals surface area contributed by atoms with Crippen LogP contribution in [0.5, 0.6) is 0 Å². The molecule has 0 spiro atoms. The highest BCUT2D eigenvalue weighted by molar-refractivity contribution is 5.78. The molecule has 2 aliphatic heterocycles. The van der Waals surface area contributed by atoms with E-state index in [1.54, 1.807) is 0 Å². The van der Waals surface area contributed by atoms with Crippen LogP contribution in [0.1, 0.15) is 36.8 Å². The smallest absolute Gasteiger partial charge is 0.236 e. The number of amides is 1. The van der Waals surface area contributed by atoms with E-state index in [1.807, 2.05) is 0 Å². The Morgan fingerprint density at radius 2 is 1.65 bits per heavy atom. The summed E-state index contributed by atoms with van der Waals surface area (Å²) in [4.78, 5) is 16.8. The molecule has 0 aliphatic carbocycles. The van der Waals surface area contributed by atoms with Crippen molar-refractivity contribution >= 4 is 5.91 Å². The number of carbonyl (C=O) groups excluding carboxylic acids is 1. The minimum absolute atomic E-state index is 0.325. The van der Waals surface area contributed by atoms with E-state index in [2.05, 4.69) is 34.1 Å². The molecule has 1 saturated heterocycles. The third-order valence-corrected chi connectivity index (χ3v) is 4.53. The molecule has 0 atom stereocenters. The van der Waals surface area contributed by atoms with Gasteiger partial charge in [0.25, 0.3) is 0 Å². The number of rotatable bonds is 2. The Kier molecular flexibility index (Phi) is 4.36. The molecule has 3 nitrogen and oxygen atoms in total. The molecular formula is C17H24N2O. The van der Waals surface area contributed by atoms with Gasteiger partial charge in [-0.1, -0.05) is 37.1 Å². The average Bonchev–Trinajstić information content (AvgIpc) is 2.76. The molecule has 1 aromatic rings. The molecule has 3 heteroatoms. The van der Waals surface area contributed by atoms with Crippen molar-refractivity contribution in [3.8, 4) is 0 Å². The summed E-state index contributed by atoms with van der Waals surface area (Å²) in [7, 11) is 0. The highest BCUT2D eigenvalue weighted by atomic mass is 16.2. The van der Waals surface area contributed by atoms with Crippen LogP contribution in [-0.4, -0.2) is 41.9 Å². The van der Waals surface area contributed by atoms with Gasteiger partial charge < -0.3 is 4.90 Å². The number of hydrogen-bond acceptors (Lipinski definition) is 2. The summed E-state index contributed by atoms with van der Waals surface area (Å²) < 4.78 is 0. The molecule has 1 aromatic carbocycles. The number of nitrogens with zero attached hydrogens (tertiary/aromatic N) is 2. The van der Waals surface area contributed by atoms with Crippen LogP contribution in [0, 0.1) is 0 Å². The third kappa shape index (κ3) is 3.21. The van der Waals surface area contributed by atoms with E-state index in [1.165, 1.54) is 36.8 Å². The largest absolute Gasteiger partial charge is 0.342 e. The van der Waals surface area contributed by atoms with E-state index in [4.69, 9.17) is 0 Å². The van der Waals surface area contributed by atoms with E-state index >= 15 is 0 Å². The Balaban J connectivity index is 1.57. The number of likely N-dealkylation sites (tertiary alicyclic amines) is 1. The fourth-order valence-electron chi connectivity index (χ4n) is 3.30. The van der Waals surface area contributed by atoms with Gasteiger partial charge >= 0.3 is 0 Å². The summed E-state index contributed by atoms with van der Waals surface area (Å²) in [6, 6.07) is 8.61. The zero-order valence-corrected chi connectivity index (χ0v) is 12.2. The predicted octanol–water partition coefficient (Wildman–Crippen LogP) is 2.45. The minimum atomic E-state index is 0.325. The summed E-state index contributed by atoms with van der Waals surface area (Å²) in [6.07, 6.45) is 5.98. The van der Waals surface area contributed by atoms with Gasteiger partial charge in [0.05, 0.1) is 6.54 Å². The first-order valence-corrected chi connectivity index (χ1v) is 7.90. The predicted molar refractivity (Wildman–Crippen MR) is 80.5 cm³/mol. The molecule has 2 aliphatic rings. The summed E-state index contributed by atoms with van der Waals surface area (Å²) in [5.41, 5.74) is 2.84. The molecule has 3 rings (SSSR count). The van der Waals surface area contributed by atoms with Crippen LogP contribution in [-0.2, 0) is 17.8 Å². The maximum Gasteiger partial charge on any atom is 0.236 e. The fraction of sp³-hybridized carbons (Fsp3) is 0.588. The summed E-state index contributed by atoms with van der Waals surface area (Å²) in [5.74, 6) is 0.325. The van der Waals surface area contributed by atoms with Crippen molar-refractivity contribution in [2.45, 2.75) is 38.6 Å². The highest BCUT2D eigenvalue weighted by Crippen LogP contribution is 2.18. The van der Waals surface area contributed by atoms with E-state index in [-0.39, 0.29) is 0 Å². The zero-order chi connectivity index (χ0) is 13.8. The van der Waals surface area contributed by atoms with E-state index in [0.29, 0.717) is 12.5 Å². The number of benzene rings is 1.